The number of aromatic nitrogens is 1. The molecule has 0 radical (unpaired) electrons. The number of hydrogen-bond donors (Lipinski definition) is 0. The van der Waals surface area contributed by atoms with Crippen molar-refractivity contribution in [2.24, 2.45) is 0 Å². The van der Waals surface area contributed by atoms with E-state index >= 15 is 0 Å². The van der Waals surface area contributed by atoms with Gasteiger partial charge in [0.2, 0.25) is 5.71 Å². The summed E-state index contributed by atoms with van der Waals surface area (Å²) < 4.78 is 19.6. The lowest BCUT2D eigenvalue weighted by atomic mass is 10.0. The van der Waals surface area contributed by atoms with Crippen molar-refractivity contribution in [2.75, 3.05) is 0 Å². The zero-order valence-electron chi connectivity index (χ0n) is 10.6. The molecule has 5 heteroatoms. The minimum Gasteiger partial charge on any atom is -0.437 e. The smallest absolute Gasteiger partial charge is 0.228 e. The molecule has 0 atom stereocenters. The van der Waals surface area contributed by atoms with Crippen molar-refractivity contribution in [2.45, 2.75) is 13.3 Å². The van der Waals surface area contributed by atoms with Crippen molar-refractivity contribution >= 4 is 38.6 Å². The lowest BCUT2D eigenvalue weighted by molar-refractivity contribution is 0.612. The number of rotatable bonds is 2. The molecule has 2 heterocycles. The Morgan fingerprint density at radius 2 is 2.00 bits per heavy atom. The number of furan rings is 1. The molecule has 0 aliphatic carbocycles. The highest BCUT2D eigenvalue weighted by Gasteiger charge is 2.17. The maximum Gasteiger partial charge on any atom is 0.228 e. The molecule has 0 saturated carbocycles. The van der Waals surface area contributed by atoms with Crippen LogP contribution in [0.25, 0.3) is 22.4 Å². The Bertz CT molecular complexity index is 783. The van der Waals surface area contributed by atoms with E-state index in [4.69, 9.17) is 16.0 Å². The van der Waals surface area contributed by atoms with E-state index < -0.39 is 0 Å². The fourth-order valence-corrected chi connectivity index (χ4v) is 2.66. The topological polar surface area (TPSA) is 26.0 Å². The monoisotopic (exact) mass is 353 g/mol. The van der Waals surface area contributed by atoms with Gasteiger partial charge < -0.3 is 4.42 Å². The Hall–Kier alpha value is -1.39. The van der Waals surface area contributed by atoms with Gasteiger partial charge in [-0.2, -0.15) is 4.98 Å². The molecule has 0 spiro atoms. The van der Waals surface area contributed by atoms with Crippen molar-refractivity contribution in [3.8, 4) is 11.3 Å². The van der Waals surface area contributed by atoms with Gasteiger partial charge in [-0.15, -0.1) is 0 Å². The molecule has 0 aliphatic rings. The summed E-state index contributed by atoms with van der Waals surface area (Å²) in [5.74, 6) is 0.441. The van der Waals surface area contributed by atoms with Crippen LogP contribution in [0.2, 0.25) is 5.15 Å². The molecule has 20 heavy (non-hydrogen) atoms. The van der Waals surface area contributed by atoms with Gasteiger partial charge in [0.1, 0.15) is 16.7 Å². The van der Waals surface area contributed by atoms with Gasteiger partial charge in [-0.3, -0.25) is 0 Å². The van der Waals surface area contributed by atoms with Gasteiger partial charge in [0.05, 0.1) is 4.47 Å². The van der Waals surface area contributed by atoms with Crippen LogP contribution in [0.15, 0.2) is 39.2 Å². The first kappa shape index (κ1) is 13.6. The van der Waals surface area contributed by atoms with Crippen LogP contribution >= 0.6 is 27.5 Å². The second kappa shape index (κ2) is 5.19. The minimum absolute atomic E-state index is 0.271. The predicted molar refractivity (Wildman–Crippen MR) is 81.5 cm³/mol. The normalized spacial score (nSPS) is 11.2. The van der Waals surface area contributed by atoms with Crippen LogP contribution in [0.5, 0.6) is 0 Å². The van der Waals surface area contributed by atoms with Crippen molar-refractivity contribution in [1.82, 2.24) is 4.98 Å². The van der Waals surface area contributed by atoms with E-state index in [2.05, 4.69) is 20.9 Å². The summed E-state index contributed by atoms with van der Waals surface area (Å²) in [7, 11) is 0. The maximum atomic E-state index is 13.0. The number of nitrogens with zero attached hydrogens (tertiary/aromatic N) is 1. The zero-order chi connectivity index (χ0) is 14.3. The van der Waals surface area contributed by atoms with Crippen LogP contribution < -0.4 is 0 Å². The second-order valence-corrected chi connectivity index (χ2v) is 5.60. The van der Waals surface area contributed by atoms with Crippen LogP contribution in [0.1, 0.15) is 12.5 Å². The third-order valence-electron chi connectivity index (χ3n) is 3.16. The van der Waals surface area contributed by atoms with Crippen molar-refractivity contribution in [3.05, 3.63) is 51.3 Å². The van der Waals surface area contributed by atoms with Gasteiger partial charge in [-0.1, -0.05) is 18.5 Å². The predicted octanol–water partition coefficient (Wildman–Crippen LogP) is 5.61. The molecule has 0 N–H and O–H groups in total. The molecule has 2 aromatic heterocycles. The molecule has 0 bridgehead atoms. The van der Waals surface area contributed by atoms with Crippen LogP contribution in [0.3, 0.4) is 0 Å². The summed E-state index contributed by atoms with van der Waals surface area (Å²) in [5.41, 5.74) is 2.36. The number of benzene rings is 1. The molecular formula is C15H10BrClFNO. The first-order chi connectivity index (χ1) is 9.60. The summed E-state index contributed by atoms with van der Waals surface area (Å²) in [4.78, 5) is 4.23. The third kappa shape index (κ3) is 2.23. The van der Waals surface area contributed by atoms with E-state index in [1.54, 1.807) is 12.1 Å². The van der Waals surface area contributed by atoms with E-state index in [1.807, 2.05) is 13.0 Å². The first-order valence-electron chi connectivity index (χ1n) is 6.13. The fraction of sp³-hybridized carbons (Fsp3) is 0.133. The van der Waals surface area contributed by atoms with E-state index in [0.717, 1.165) is 27.4 Å². The molecule has 0 aliphatic heterocycles. The highest BCUT2D eigenvalue weighted by molar-refractivity contribution is 9.10. The highest BCUT2D eigenvalue weighted by atomic mass is 79.9. The molecule has 0 unspecified atom stereocenters. The van der Waals surface area contributed by atoms with Gasteiger partial charge in [0.15, 0.2) is 0 Å². The molecule has 0 fully saturated rings. The molecule has 0 saturated heterocycles. The Kier molecular flexibility index (Phi) is 3.52. The largest absolute Gasteiger partial charge is 0.437 e. The van der Waals surface area contributed by atoms with E-state index in [-0.39, 0.29) is 5.82 Å². The highest BCUT2D eigenvalue weighted by Crippen LogP contribution is 2.36. The summed E-state index contributed by atoms with van der Waals surface area (Å²) in [6, 6.07) is 8.13. The van der Waals surface area contributed by atoms with E-state index in [9.17, 15) is 4.39 Å². The lowest BCUT2D eigenvalue weighted by Crippen LogP contribution is -1.84. The van der Waals surface area contributed by atoms with Crippen LogP contribution in [0, 0.1) is 5.82 Å². The summed E-state index contributed by atoms with van der Waals surface area (Å²) in [5, 5.41) is 1.28. The number of pyridine rings is 1. The molecule has 3 aromatic rings. The Morgan fingerprint density at radius 1 is 1.30 bits per heavy atom. The van der Waals surface area contributed by atoms with Gasteiger partial charge in [-0.05, 0) is 52.7 Å². The van der Waals surface area contributed by atoms with E-state index in [1.165, 1.54) is 12.1 Å². The van der Waals surface area contributed by atoms with E-state index in [0.29, 0.717) is 16.6 Å². The van der Waals surface area contributed by atoms with Gasteiger partial charge in [0.25, 0.3) is 0 Å². The van der Waals surface area contributed by atoms with Gasteiger partial charge >= 0.3 is 0 Å². The quantitative estimate of drug-likeness (QED) is 0.559. The zero-order valence-corrected chi connectivity index (χ0v) is 12.9. The SMILES string of the molecule is CCc1c(-c2ccc(F)cc2)oc2nc(Cl)c(Br)cc12. The van der Waals surface area contributed by atoms with Gasteiger partial charge in [0, 0.05) is 16.5 Å². The molecule has 102 valence electrons. The average Bonchev–Trinajstić information content (AvgIpc) is 2.78. The van der Waals surface area contributed by atoms with Crippen molar-refractivity contribution < 1.29 is 8.81 Å². The summed E-state index contributed by atoms with van der Waals surface area (Å²) >= 11 is 9.36. The molecule has 1 aromatic carbocycles. The Morgan fingerprint density at radius 3 is 2.65 bits per heavy atom. The number of halogens is 3. The van der Waals surface area contributed by atoms with Crippen LogP contribution in [0.4, 0.5) is 4.39 Å². The van der Waals surface area contributed by atoms with Crippen LogP contribution in [-0.4, -0.2) is 4.98 Å². The average molecular weight is 355 g/mol. The Labute approximate surface area is 128 Å². The molecule has 0 amide bonds. The first-order valence-corrected chi connectivity index (χ1v) is 7.30. The summed E-state index contributed by atoms with van der Waals surface area (Å²) in [6.45, 7) is 2.04. The molecular weight excluding hydrogens is 345 g/mol. The number of fused-ring (bicyclic) bond motifs is 1. The minimum atomic E-state index is -0.271. The fourth-order valence-electron chi connectivity index (χ4n) is 2.21. The Balaban J connectivity index is 2.27. The summed E-state index contributed by atoms with van der Waals surface area (Å²) in [6.07, 6.45) is 0.787. The van der Waals surface area contributed by atoms with Gasteiger partial charge in [-0.25, -0.2) is 4.39 Å². The molecule has 2 nitrogen and oxygen atoms in total. The molecule has 3 rings (SSSR count). The maximum absolute atomic E-state index is 13.0. The number of aryl methyl sites for hydroxylation is 1. The number of hydrogen-bond acceptors (Lipinski definition) is 2. The standard InChI is InChI=1S/C15H10BrClFNO/c1-2-10-11-7-12(16)14(17)19-15(11)20-13(10)8-3-5-9(18)6-4-8/h3-7H,2H2,1H3. The lowest BCUT2D eigenvalue weighted by Gasteiger charge is -2.00. The third-order valence-corrected chi connectivity index (χ3v) is 4.28. The second-order valence-electron chi connectivity index (χ2n) is 4.38. The van der Waals surface area contributed by atoms with Crippen LogP contribution in [-0.2, 0) is 6.42 Å². The van der Waals surface area contributed by atoms with Crippen molar-refractivity contribution in [3.63, 3.8) is 0 Å². The van der Waals surface area contributed by atoms with Crippen molar-refractivity contribution in [1.29, 1.82) is 0 Å².